The lowest BCUT2D eigenvalue weighted by Crippen LogP contribution is -1.84. The number of halogens is 3. The van der Waals surface area contributed by atoms with Crippen LogP contribution in [0, 0.1) is 0 Å². The highest BCUT2D eigenvalue weighted by Gasteiger charge is 1.95. The summed E-state index contributed by atoms with van der Waals surface area (Å²) in [5, 5.41) is 0. The molecule has 0 saturated heterocycles. The second-order valence-electron chi connectivity index (χ2n) is 2.99. The fraction of sp³-hybridized carbons (Fsp3) is 0.400. The van der Waals surface area contributed by atoms with Crippen molar-refractivity contribution < 1.29 is 13.2 Å². The number of thiol groups is 1. The molecule has 0 fully saturated rings. The predicted molar refractivity (Wildman–Crippen MR) is 54.9 cm³/mol. The monoisotopic (exact) mass is 222 g/mol. The largest absolute Gasteiger partial charge is 0.379 e. The maximum Gasteiger partial charge on any atom is 0.379 e. The van der Waals surface area contributed by atoms with E-state index in [-0.39, 0.29) is 0 Å². The molecule has 80 valence electrons. The minimum absolute atomic E-state index is 0.619. The van der Waals surface area contributed by atoms with Crippen molar-refractivity contribution in [2.75, 3.05) is 0 Å². The van der Waals surface area contributed by atoms with Crippen molar-refractivity contribution in [3.05, 3.63) is 29.8 Å². The van der Waals surface area contributed by atoms with E-state index in [1.165, 1.54) is 5.56 Å². The van der Waals surface area contributed by atoms with E-state index in [1.807, 2.05) is 12.1 Å². The Morgan fingerprint density at radius 3 is 1.64 bits per heavy atom. The molecule has 0 amide bonds. The van der Waals surface area contributed by atoms with Crippen molar-refractivity contribution in [1.29, 1.82) is 0 Å². The van der Waals surface area contributed by atoms with Crippen LogP contribution in [0.3, 0.4) is 0 Å². The van der Waals surface area contributed by atoms with Gasteiger partial charge in [-0.1, -0.05) is 26.0 Å². The van der Waals surface area contributed by atoms with Gasteiger partial charge in [-0.25, -0.2) is 0 Å². The van der Waals surface area contributed by atoms with Crippen LogP contribution in [0.5, 0.6) is 0 Å². The van der Waals surface area contributed by atoms with Crippen molar-refractivity contribution in [2.45, 2.75) is 31.3 Å². The molecule has 0 heterocycles. The quantitative estimate of drug-likeness (QED) is 0.674. The van der Waals surface area contributed by atoms with Gasteiger partial charge in [0.05, 0.1) is 0 Å². The summed E-state index contributed by atoms with van der Waals surface area (Å²) < 4.78 is 29.0. The molecular formula is C10H13F3S. The van der Waals surface area contributed by atoms with Gasteiger partial charge in [-0.3, -0.25) is 0 Å². The minimum atomic E-state index is -3.67. The summed E-state index contributed by atoms with van der Waals surface area (Å²) in [5.41, 5.74) is 1.37. The summed E-state index contributed by atoms with van der Waals surface area (Å²) in [6.07, 6.45) is 0. The Morgan fingerprint density at radius 1 is 1.00 bits per heavy atom. The van der Waals surface area contributed by atoms with Crippen molar-refractivity contribution in [1.82, 2.24) is 0 Å². The second-order valence-corrected chi connectivity index (χ2v) is 3.51. The molecule has 0 saturated carbocycles. The molecule has 14 heavy (non-hydrogen) atoms. The van der Waals surface area contributed by atoms with Crippen LogP contribution in [-0.4, -0.2) is 6.68 Å². The van der Waals surface area contributed by atoms with Crippen molar-refractivity contribution in [2.24, 2.45) is 0 Å². The van der Waals surface area contributed by atoms with Gasteiger partial charge in [0.1, 0.15) is 0 Å². The highest BCUT2D eigenvalue weighted by atomic mass is 32.1. The summed E-state index contributed by atoms with van der Waals surface area (Å²) >= 11 is 4.20. The molecule has 0 unspecified atom stereocenters. The van der Waals surface area contributed by atoms with Gasteiger partial charge in [0.2, 0.25) is 0 Å². The lowest BCUT2D eigenvalue weighted by Gasteiger charge is -2.03. The molecule has 1 aromatic carbocycles. The molecule has 4 heteroatoms. The highest BCUT2D eigenvalue weighted by Crippen LogP contribution is 2.15. The summed E-state index contributed by atoms with van der Waals surface area (Å²) in [6, 6.07) is 8.29. The van der Waals surface area contributed by atoms with E-state index in [0.29, 0.717) is 5.92 Å². The second kappa shape index (κ2) is 6.76. The predicted octanol–water partition coefficient (Wildman–Crippen LogP) is 4.28. The summed E-state index contributed by atoms with van der Waals surface area (Å²) in [7, 11) is 0. The van der Waals surface area contributed by atoms with E-state index in [4.69, 9.17) is 0 Å². The Hall–Kier alpha value is -0.640. The van der Waals surface area contributed by atoms with E-state index in [0.717, 1.165) is 4.90 Å². The van der Waals surface area contributed by atoms with Crippen molar-refractivity contribution in [3.8, 4) is 0 Å². The smallest absolute Gasteiger partial charge is 0.174 e. The zero-order chi connectivity index (χ0) is 11.1. The lowest BCUT2D eigenvalue weighted by atomic mass is 10.0. The Kier molecular flexibility index (Phi) is 6.45. The zero-order valence-corrected chi connectivity index (χ0v) is 8.94. The molecule has 0 nitrogen and oxygen atoms in total. The zero-order valence-electron chi connectivity index (χ0n) is 8.05. The first-order valence-corrected chi connectivity index (χ1v) is 4.59. The van der Waals surface area contributed by atoms with Gasteiger partial charge in [-0.05, 0) is 23.6 Å². The normalized spacial score (nSPS) is 10.0. The van der Waals surface area contributed by atoms with Gasteiger partial charge >= 0.3 is 6.68 Å². The summed E-state index contributed by atoms with van der Waals surface area (Å²) in [6.45, 7) is 0.709. The third kappa shape index (κ3) is 6.83. The first-order chi connectivity index (χ1) is 6.43. The number of rotatable bonds is 1. The molecule has 0 atom stereocenters. The SMILES string of the molecule is CC(C)c1ccc(S)cc1.FC(F)F. The molecule has 1 rings (SSSR count). The average molecular weight is 222 g/mol. The van der Waals surface area contributed by atoms with Crippen LogP contribution in [0.1, 0.15) is 25.3 Å². The minimum Gasteiger partial charge on any atom is -0.174 e. The van der Waals surface area contributed by atoms with Gasteiger partial charge in [-0.2, -0.15) is 13.2 Å². The Balaban J connectivity index is 0.000000364. The fourth-order valence-corrected chi connectivity index (χ4v) is 1.01. The molecule has 0 aromatic heterocycles. The first-order valence-electron chi connectivity index (χ1n) is 4.14. The van der Waals surface area contributed by atoms with Crippen LogP contribution in [0.15, 0.2) is 29.2 Å². The number of benzene rings is 1. The van der Waals surface area contributed by atoms with Crippen LogP contribution < -0.4 is 0 Å². The van der Waals surface area contributed by atoms with E-state index >= 15 is 0 Å². The van der Waals surface area contributed by atoms with Crippen LogP contribution in [-0.2, 0) is 0 Å². The van der Waals surface area contributed by atoms with Crippen molar-refractivity contribution >= 4 is 12.6 Å². The van der Waals surface area contributed by atoms with Gasteiger partial charge in [0.15, 0.2) is 0 Å². The first kappa shape index (κ1) is 13.4. The third-order valence-corrected chi connectivity index (χ3v) is 1.86. The molecule has 0 radical (unpaired) electrons. The highest BCUT2D eigenvalue weighted by molar-refractivity contribution is 7.80. The van der Waals surface area contributed by atoms with E-state index in [1.54, 1.807) is 0 Å². The number of hydrogen-bond acceptors (Lipinski definition) is 1. The molecule has 0 aliphatic heterocycles. The molecule has 0 aliphatic carbocycles. The van der Waals surface area contributed by atoms with Crippen LogP contribution in [0.4, 0.5) is 13.2 Å². The molecule has 1 aromatic rings. The summed E-state index contributed by atoms with van der Waals surface area (Å²) in [4.78, 5) is 1.03. The van der Waals surface area contributed by atoms with Crippen LogP contribution >= 0.6 is 12.6 Å². The molecule has 0 N–H and O–H groups in total. The fourth-order valence-electron chi connectivity index (χ4n) is 0.859. The average Bonchev–Trinajstić information content (AvgIpc) is 2.03. The maximum atomic E-state index is 9.67. The standard InChI is InChI=1S/C9H12S.CHF3/c1-7(2)8-3-5-9(10)6-4-8;2-1(3)4/h3-7,10H,1-2H3;1H. The summed E-state index contributed by atoms with van der Waals surface area (Å²) in [5.74, 6) is 0.619. The van der Waals surface area contributed by atoms with Gasteiger partial charge in [0, 0.05) is 4.90 Å². The molecule has 0 aliphatic rings. The molecule has 0 bridgehead atoms. The van der Waals surface area contributed by atoms with Crippen molar-refractivity contribution in [3.63, 3.8) is 0 Å². The third-order valence-electron chi connectivity index (χ3n) is 1.56. The van der Waals surface area contributed by atoms with E-state index in [9.17, 15) is 13.2 Å². The van der Waals surface area contributed by atoms with Gasteiger partial charge in [0.25, 0.3) is 0 Å². The topological polar surface area (TPSA) is 0 Å². The van der Waals surface area contributed by atoms with Gasteiger partial charge < -0.3 is 0 Å². The Bertz CT molecular complexity index is 241. The maximum absolute atomic E-state index is 9.67. The van der Waals surface area contributed by atoms with E-state index < -0.39 is 6.68 Å². The number of alkyl halides is 3. The molecule has 0 spiro atoms. The van der Waals surface area contributed by atoms with E-state index in [2.05, 4.69) is 38.6 Å². The lowest BCUT2D eigenvalue weighted by molar-refractivity contribution is 0.00819. The van der Waals surface area contributed by atoms with Crippen LogP contribution in [0.2, 0.25) is 0 Å². The van der Waals surface area contributed by atoms with Crippen LogP contribution in [0.25, 0.3) is 0 Å². The Morgan fingerprint density at radius 2 is 1.36 bits per heavy atom. The van der Waals surface area contributed by atoms with Gasteiger partial charge in [-0.15, -0.1) is 12.6 Å². The Labute approximate surface area is 87.5 Å². The number of hydrogen-bond donors (Lipinski definition) is 1. The molecular weight excluding hydrogens is 209 g/mol.